The van der Waals surface area contributed by atoms with Crippen LogP contribution in [0, 0.1) is 0 Å². The van der Waals surface area contributed by atoms with Crippen LogP contribution in [0.4, 0.5) is 5.82 Å². The van der Waals surface area contributed by atoms with Crippen molar-refractivity contribution >= 4 is 27.4 Å². The van der Waals surface area contributed by atoms with E-state index in [1.54, 1.807) is 11.3 Å². The van der Waals surface area contributed by atoms with Crippen molar-refractivity contribution in [2.24, 2.45) is 0 Å². The number of rotatable bonds is 4. The van der Waals surface area contributed by atoms with E-state index in [2.05, 4.69) is 34.3 Å². The number of para-hydroxylation sites is 1. The smallest absolute Gasteiger partial charge is 0.126 e. The number of thiazole rings is 1. The monoisotopic (exact) mass is 269 g/mol. The van der Waals surface area contributed by atoms with Crippen LogP contribution in [0.1, 0.15) is 17.6 Å². The van der Waals surface area contributed by atoms with Gasteiger partial charge in [-0.15, -0.1) is 11.3 Å². The first-order chi connectivity index (χ1) is 9.35. The van der Waals surface area contributed by atoms with E-state index in [-0.39, 0.29) is 0 Å². The lowest BCUT2D eigenvalue weighted by molar-refractivity contribution is 1.04. The van der Waals surface area contributed by atoms with E-state index >= 15 is 0 Å². The quantitative estimate of drug-likeness (QED) is 0.784. The molecular weight excluding hydrogens is 254 g/mol. The number of pyridine rings is 1. The molecule has 0 amide bonds. The second-order valence-electron chi connectivity index (χ2n) is 4.30. The third-order valence-electron chi connectivity index (χ3n) is 2.84. The molecule has 1 N–H and O–H groups in total. The molecule has 96 valence electrons. The van der Waals surface area contributed by atoms with Crippen LogP contribution >= 0.6 is 11.3 Å². The average molecular weight is 269 g/mol. The van der Waals surface area contributed by atoms with Crippen molar-refractivity contribution in [2.75, 3.05) is 11.9 Å². The highest BCUT2D eigenvalue weighted by Crippen LogP contribution is 2.23. The molecule has 0 aliphatic carbocycles. The van der Waals surface area contributed by atoms with E-state index in [0.29, 0.717) is 0 Å². The summed E-state index contributed by atoms with van der Waals surface area (Å²) in [4.78, 5) is 9.23. The van der Waals surface area contributed by atoms with E-state index in [1.165, 1.54) is 4.70 Å². The zero-order valence-corrected chi connectivity index (χ0v) is 11.6. The van der Waals surface area contributed by atoms with Gasteiger partial charge in [-0.3, -0.25) is 0 Å². The molecular formula is C15H15N3S. The molecule has 0 aliphatic heterocycles. The van der Waals surface area contributed by atoms with Crippen molar-refractivity contribution in [3.63, 3.8) is 0 Å². The Hall–Kier alpha value is -1.94. The van der Waals surface area contributed by atoms with Crippen molar-refractivity contribution in [3.05, 3.63) is 53.2 Å². The summed E-state index contributed by atoms with van der Waals surface area (Å²) in [6.45, 7) is 2.96. The second-order valence-corrected chi connectivity index (χ2v) is 5.41. The highest BCUT2D eigenvalue weighted by atomic mass is 32.1. The lowest BCUT2D eigenvalue weighted by Crippen LogP contribution is -2.01. The van der Waals surface area contributed by atoms with Crippen molar-refractivity contribution in [1.82, 2.24) is 9.97 Å². The van der Waals surface area contributed by atoms with Crippen LogP contribution in [0.2, 0.25) is 0 Å². The minimum Gasteiger partial charge on any atom is -0.370 e. The van der Waals surface area contributed by atoms with Crippen LogP contribution in [0.5, 0.6) is 0 Å². The van der Waals surface area contributed by atoms with Gasteiger partial charge in [0.15, 0.2) is 0 Å². The molecule has 0 saturated carbocycles. The molecule has 0 bridgehead atoms. The molecule has 0 atom stereocenters. The Kier molecular flexibility index (Phi) is 3.42. The Morgan fingerprint density at radius 1 is 1.05 bits per heavy atom. The third-order valence-corrected chi connectivity index (χ3v) is 3.87. The maximum atomic E-state index is 4.64. The molecule has 19 heavy (non-hydrogen) atoms. The van der Waals surface area contributed by atoms with Gasteiger partial charge in [0, 0.05) is 18.7 Å². The van der Waals surface area contributed by atoms with Crippen LogP contribution < -0.4 is 5.32 Å². The van der Waals surface area contributed by atoms with Gasteiger partial charge < -0.3 is 5.32 Å². The zero-order chi connectivity index (χ0) is 13.1. The first-order valence-corrected chi connectivity index (χ1v) is 7.21. The van der Waals surface area contributed by atoms with Crippen molar-refractivity contribution in [2.45, 2.75) is 13.3 Å². The number of aromatic nitrogens is 2. The molecule has 1 aromatic carbocycles. The van der Waals surface area contributed by atoms with Crippen molar-refractivity contribution in [3.8, 4) is 0 Å². The van der Waals surface area contributed by atoms with Gasteiger partial charge in [-0.1, -0.05) is 18.2 Å². The van der Waals surface area contributed by atoms with Crippen LogP contribution in [-0.4, -0.2) is 16.5 Å². The van der Waals surface area contributed by atoms with Crippen LogP contribution in [0.25, 0.3) is 10.2 Å². The summed E-state index contributed by atoms with van der Waals surface area (Å²) in [6, 6.07) is 14.3. The summed E-state index contributed by atoms with van der Waals surface area (Å²) in [7, 11) is 0. The lowest BCUT2D eigenvalue weighted by Gasteiger charge is -2.03. The first kappa shape index (κ1) is 12.1. The summed E-state index contributed by atoms with van der Waals surface area (Å²) in [5.74, 6) is 0.932. The molecule has 3 rings (SSSR count). The molecule has 2 heterocycles. The van der Waals surface area contributed by atoms with Crippen LogP contribution in [-0.2, 0) is 6.42 Å². The number of nitrogens with one attached hydrogen (secondary N) is 1. The predicted octanol–water partition coefficient (Wildman–Crippen LogP) is 3.71. The number of nitrogens with zero attached hydrogens (tertiary/aromatic N) is 2. The van der Waals surface area contributed by atoms with Gasteiger partial charge >= 0.3 is 0 Å². The molecule has 4 heteroatoms. The SMILES string of the molecule is CCNc1cccc(Cc2nc3ccccc3s2)n1. The summed E-state index contributed by atoms with van der Waals surface area (Å²) in [5.41, 5.74) is 2.13. The summed E-state index contributed by atoms with van der Waals surface area (Å²) in [5, 5.41) is 4.35. The normalized spacial score (nSPS) is 10.8. The fourth-order valence-corrected chi connectivity index (χ4v) is 2.99. The molecule has 3 aromatic rings. The lowest BCUT2D eigenvalue weighted by atomic mass is 10.3. The van der Waals surface area contributed by atoms with Gasteiger partial charge in [-0.05, 0) is 31.2 Å². The molecule has 3 nitrogen and oxygen atoms in total. The van der Waals surface area contributed by atoms with Gasteiger partial charge in [0.1, 0.15) is 5.82 Å². The second kappa shape index (κ2) is 5.36. The van der Waals surface area contributed by atoms with Crippen molar-refractivity contribution < 1.29 is 0 Å². The Bertz CT molecular complexity index is 657. The minimum atomic E-state index is 0.790. The summed E-state index contributed by atoms with van der Waals surface area (Å²) >= 11 is 1.74. The minimum absolute atomic E-state index is 0.790. The Morgan fingerprint density at radius 3 is 2.79 bits per heavy atom. The topological polar surface area (TPSA) is 37.8 Å². The highest BCUT2D eigenvalue weighted by Gasteiger charge is 2.05. The fraction of sp³-hybridized carbons (Fsp3) is 0.200. The Morgan fingerprint density at radius 2 is 1.95 bits per heavy atom. The number of hydrogen-bond donors (Lipinski definition) is 1. The third kappa shape index (κ3) is 2.74. The van der Waals surface area contributed by atoms with E-state index in [4.69, 9.17) is 0 Å². The van der Waals surface area contributed by atoms with Gasteiger partial charge in [-0.2, -0.15) is 0 Å². The first-order valence-electron chi connectivity index (χ1n) is 6.39. The Labute approximate surface area is 116 Å². The van der Waals surface area contributed by atoms with E-state index < -0.39 is 0 Å². The maximum absolute atomic E-state index is 4.64. The van der Waals surface area contributed by atoms with Gasteiger partial charge in [0.05, 0.1) is 15.2 Å². The molecule has 0 spiro atoms. The van der Waals surface area contributed by atoms with E-state index in [0.717, 1.165) is 35.0 Å². The number of hydrogen-bond acceptors (Lipinski definition) is 4. The van der Waals surface area contributed by atoms with E-state index in [9.17, 15) is 0 Å². The standard InChI is InChI=1S/C15H15N3S/c1-2-16-14-9-5-6-11(17-14)10-15-18-12-7-3-4-8-13(12)19-15/h3-9H,2,10H2,1H3,(H,16,17). The molecule has 0 aliphatic rings. The largest absolute Gasteiger partial charge is 0.370 e. The zero-order valence-electron chi connectivity index (χ0n) is 10.8. The van der Waals surface area contributed by atoms with Crippen molar-refractivity contribution in [1.29, 1.82) is 0 Å². The van der Waals surface area contributed by atoms with Gasteiger partial charge in [0.25, 0.3) is 0 Å². The molecule has 0 radical (unpaired) electrons. The number of anilines is 1. The van der Waals surface area contributed by atoms with Gasteiger partial charge in [0.2, 0.25) is 0 Å². The predicted molar refractivity (Wildman–Crippen MR) is 80.8 cm³/mol. The summed E-state index contributed by atoms with van der Waals surface area (Å²) in [6.07, 6.45) is 0.790. The van der Waals surface area contributed by atoms with E-state index in [1.807, 2.05) is 30.3 Å². The Balaban J connectivity index is 1.85. The van der Waals surface area contributed by atoms with Gasteiger partial charge in [-0.25, -0.2) is 9.97 Å². The maximum Gasteiger partial charge on any atom is 0.126 e. The summed E-state index contributed by atoms with van der Waals surface area (Å²) < 4.78 is 1.24. The van der Waals surface area contributed by atoms with Crippen LogP contribution in [0.3, 0.4) is 0 Å². The molecule has 0 fully saturated rings. The fourth-order valence-electron chi connectivity index (χ4n) is 2.01. The molecule has 0 saturated heterocycles. The highest BCUT2D eigenvalue weighted by molar-refractivity contribution is 7.18. The molecule has 0 unspecified atom stereocenters. The number of benzene rings is 1. The number of fused-ring (bicyclic) bond motifs is 1. The molecule has 2 aromatic heterocycles. The van der Waals surface area contributed by atoms with Crippen LogP contribution in [0.15, 0.2) is 42.5 Å². The average Bonchev–Trinajstić information content (AvgIpc) is 2.81.